The second-order valence-corrected chi connectivity index (χ2v) is 39.5. The number of methoxy groups -OCH3 is 6. The summed E-state index contributed by atoms with van der Waals surface area (Å²) >= 11 is 18.5. The van der Waals surface area contributed by atoms with Gasteiger partial charge in [-0.1, -0.05) is 76.3 Å². The Bertz CT molecular complexity index is 6620. The van der Waals surface area contributed by atoms with Gasteiger partial charge in [0, 0.05) is 187 Å². The number of ether oxygens (including phenoxy) is 14. The highest BCUT2D eigenvalue weighted by atomic mass is 35.5. The second kappa shape index (κ2) is 47.6. The first-order valence-corrected chi connectivity index (χ1v) is 48.9. The van der Waals surface area contributed by atoms with Gasteiger partial charge in [0.15, 0.2) is 139 Å². The minimum Gasteiger partial charge on any atom is -0.493 e. The lowest BCUT2D eigenvalue weighted by molar-refractivity contribution is -0.132. The highest BCUT2D eigenvalue weighted by Gasteiger charge is 2.42. The molecule has 6 unspecified atom stereocenters. The predicted octanol–water partition coefficient (Wildman–Crippen LogP) is 15.4. The third kappa shape index (κ3) is 25.7. The Morgan fingerprint density at radius 3 is 1.03 bits per heavy atom. The highest BCUT2D eigenvalue weighted by Crippen LogP contribution is 2.49. The van der Waals surface area contributed by atoms with Gasteiger partial charge >= 0.3 is 11.9 Å². The van der Waals surface area contributed by atoms with Crippen LogP contribution in [0.2, 0.25) is 15.3 Å². The molecule has 786 valence electrons. The summed E-state index contributed by atoms with van der Waals surface area (Å²) < 4.78 is 90.9. The van der Waals surface area contributed by atoms with Gasteiger partial charge in [-0.15, -0.1) is 0 Å². The maximum absolute atomic E-state index is 13.8. The quantitative estimate of drug-likeness (QED) is 0.0219. The summed E-state index contributed by atoms with van der Waals surface area (Å²) in [6.07, 6.45) is -0.541. The topological polar surface area (TPSA) is 429 Å². The van der Waals surface area contributed by atoms with E-state index in [4.69, 9.17) is 101 Å². The molecule has 6 aromatic carbocycles. The Balaban J connectivity index is 0.000000159. The van der Waals surface area contributed by atoms with Crippen LogP contribution < -0.4 is 61.6 Å². The number of hydrogen-bond donors (Lipinski definition) is 2. The number of amides is 5. The summed E-state index contributed by atoms with van der Waals surface area (Å²) in [5.74, 6) is 1.70. The van der Waals surface area contributed by atoms with E-state index in [0.717, 1.165) is 16.7 Å². The molecule has 11 heterocycles. The van der Waals surface area contributed by atoms with E-state index in [2.05, 4.69) is 19.7 Å². The molecule has 8 aliphatic heterocycles. The molecule has 0 saturated carbocycles. The minimum absolute atomic E-state index is 0.00434. The number of fused-ring (bicyclic) bond motifs is 3. The SMILES string of the molecule is COC(=O)c1ccc(OC2CCN(C)C2=O)c(OC)c1.COc1cc(C(=O)CCC(=O)c2cc3c(c(-c4ccc(F)c(Cl)c4)n2)OCC3(C)C)ccc1OC1CCN(C)C1=O.COc1cc(C(=O)CCC(=O)c2cc3c(c(Cl)n2)OCC3(C)C)ccc1OC1CCN(C)C1=O.COc1cc(C(=O)CCC(O)c2cc3c(c(Cl)n2)OCC3(C)C)ccc1OC1CCN(C)C1=O.COc1cc(C(=O)O)ccc1OC1CCN(C)C1=O. The summed E-state index contributed by atoms with van der Waals surface area (Å²) in [4.78, 5) is 168. The van der Waals surface area contributed by atoms with Gasteiger partial charge in [-0.25, -0.2) is 28.9 Å². The number of aromatic carboxylic acids is 1. The molecule has 5 amide bonds. The van der Waals surface area contributed by atoms with Crippen molar-refractivity contribution in [2.24, 2.45) is 0 Å². The van der Waals surface area contributed by atoms with Crippen molar-refractivity contribution in [2.45, 2.75) is 165 Å². The van der Waals surface area contributed by atoms with E-state index in [0.29, 0.717) is 199 Å². The molecular formula is C108H118Cl3FN8O28. The average Bonchev–Trinajstić information content (AvgIpc) is 1.55. The number of esters is 1. The number of aliphatic hydroxyl groups is 1. The van der Waals surface area contributed by atoms with Crippen LogP contribution >= 0.6 is 34.8 Å². The molecule has 3 aromatic heterocycles. The lowest BCUT2D eigenvalue weighted by Gasteiger charge is -2.18. The molecule has 36 nitrogen and oxygen atoms in total. The number of pyridine rings is 3. The first-order valence-electron chi connectivity index (χ1n) is 47.7. The number of likely N-dealkylation sites (tertiary alicyclic amines) is 5. The van der Waals surface area contributed by atoms with Crippen LogP contribution in [0.15, 0.2) is 127 Å². The summed E-state index contributed by atoms with van der Waals surface area (Å²) in [6, 6.07) is 32.9. The molecule has 148 heavy (non-hydrogen) atoms. The number of ketones is 5. The Labute approximate surface area is 869 Å². The fourth-order valence-electron chi connectivity index (χ4n) is 17.3. The number of halogens is 4. The monoisotopic (exact) mass is 2100 g/mol. The highest BCUT2D eigenvalue weighted by molar-refractivity contribution is 6.32. The van der Waals surface area contributed by atoms with Crippen molar-refractivity contribution < 1.29 is 138 Å². The molecule has 9 aromatic rings. The van der Waals surface area contributed by atoms with Crippen LogP contribution in [0.4, 0.5) is 4.39 Å². The van der Waals surface area contributed by atoms with Crippen LogP contribution in [0.3, 0.4) is 0 Å². The maximum atomic E-state index is 13.8. The van der Waals surface area contributed by atoms with E-state index in [1.54, 1.807) is 145 Å². The third-order valence-corrected chi connectivity index (χ3v) is 27.2. The standard InChI is InChI=1S/C31H30ClFN2O6.C25H29ClN2O6.C25H27ClN2O6.C14H17NO5.C13H15NO5/c1-31(2)16-40-29-19(31)15-22(34-28(29)18-5-7-21(33)20(32)13-18)24(37)9-8-23(36)17-6-10-25(27(14-17)39-4)41-26-11-12-35(3)30(26)38;2*1-25(2)13-33-22-15(25)12-16(27-23(22)26)18(30)7-6-17(29)14-5-8-19(21(11-14)32-4)34-20-9-10-28(3)24(20)31;1-15-7-6-11(13(15)16)20-10-5-4-9(14(17)19-3)8-12(10)18-2;1-14-6-5-10(12(14)15)19-9-4-3-8(13(16)17)7-11(9)18-2/h5-7,10,13-15,26H,8-9,11-12,16H2,1-4H3;5,8,11-12,18,20,30H,6-7,9-10,13H2,1-4H3;5,8,11-12,20H,6-7,9-10,13H2,1-4H3;4-5,8,11H,6-7H2,1-3H3;3-4,7,10H,5-6H2,1-2H3,(H,16,17). The van der Waals surface area contributed by atoms with E-state index in [-0.39, 0.29) is 146 Å². The predicted molar refractivity (Wildman–Crippen MR) is 540 cm³/mol. The van der Waals surface area contributed by atoms with E-state index in [1.807, 2.05) is 41.5 Å². The molecule has 40 heteroatoms. The van der Waals surface area contributed by atoms with E-state index >= 15 is 0 Å². The lowest BCUT2D eigenvalue weighted by atomic mass is 9.85. The first-order chi connectivity index (χ1) is 70.3. The molecule has 0 radical (unpaired) electrons. The van der Waals surface area contributed by atoms with Crippen molar-refractivity contribution in [3.05, 3.63) is 210 Å². The van der Waals surface area contributed by atoms with Crippen LogP contribution in [0.25, 0.3) is 11.3 Å². The lowest BCUT2D eigenvalue weighted by Crippen LogP contribution is -2.29. The summed E-state index contributed by atoms with van der Waals surface area (Å²) in [5, 5.41) is 19.9. The van der Waals surface area contributed by atoms with Crippen molar-refractivity contribution in [2.75, 3.05) is 130 Å². The van der Waals surface area contributed by atoms with Crippen LogP contribution in [-0.4, -0.2) is 281 Å². The zero-order chi connectivity index (χ0) is 107. The largest absolute Gasteiger partial charge is 0.493 e. The number of carboxylic acid groups (broad SMARTS) is 1. The number of carbonyl (C=O) groups is 12. The van der Waals surface area contributed by atoms with Gasteiger partial charge in [-0.2, -0.15) is 0 Å². The summed E-state index contributed by atoms with van der Waals surface area (Å²) in [6.45, 7) is 16.7. The number of benzene rings is 6. The Hall–Kier alpha value is -14.4. The zero-order valence-electron chi connectivity index (χ0n) is 85.1. The van der Waals surface area contributed by atoms with Crippen molar-refractivity contribution in [3.8, 4) is 86.0 Å². The van der Waals surface area contributed by atoms with Crippen LogP contribution in [0.1, 0.15) is 213 Å². The summed E-state index contributed by atoms with van der Waals surface area (Å²) in [5.41, 5.74) is 5.09. The van der Waals surface area contributed by atoms with Gasteiger partial charge in [0.05, 0.1) is 90.4 Å². The number of nitrogens with zero attached hydrogens (tertiary/aromatic N) is 8. The molecular weight excluding hydrogens is 1980 g/mol. The molecule has 0 aliphatic carbocycles. The number of Topliss-reactive ketones (excluding diaryl/α,β-unsaturated/α-hetero) is 5. The third-order valence-electron chi connectivity index (χ3n) is 26.4. The van der Waals surface area contributed by atoms with Gasteiger partial charge in [0.25, 0.3) is 29.5 Å². The normalized spacial score (nSPS) is 18.3. The Kier molecular flexibility index (Phi) is 35.6. The molecule has 17 rings (SSSR count). The van der Waals surface area contributed by atoms with E-state index in [9.17, 15) is 67.0 Å². The average molecular weight is 2100 g/mol. The smallest absolute Gasteiger partial charge is 0.337 e. The van der Waals surface area contributed by atoms with Crippen LogP contribution in [-0.2, 0) is 45.0 Å². The van der Waals surface area contributed by atoms with Crippen LogP contribution in [0.5, 0.6) is 74.7 Å². The van der Waals surface area contributed by atoms with Gasteiger partial charge in [-0.05, 0) is 134 Å². The van der Waals surface area contributed by atoms with E-state index in [1.165, 1.54) is 85.1 Å². The van der Waals surface area contributed by atoms with Crippen molar-refractivity contribution >= 4 is 105 Å². The van der Waals surface area contributed by atoms with Crippen LogP contribution in [0, 0.1) is 5.82 Å². The molecule has 5 saturated heterocycles. The Morgan fingerprint density at radius 2 is 0.689 bits per heavy atom. The molecule has 2 N–H and O–H groups in total. The van der Waals surface area contributed by atoms with E-state index < -0.39 is 54.4 Å². The summed E-state index contributed by atoms with van der Waals surface area (Å²) in [7, 11) is 17.3. The van der Waals surface area contributed by atoms with Gasteiger partial charge < -0.3 is 101 Å². The molecule has 6 atom stereocenters. The number of aliphatic hydroxyl groups excluding tert-OH is 1. The fourth-order valence-corrected chi connectivity index (χ4v) is 18.0. The second-order valence-electron chi connectivity index (χ2n) is 38.3. The Morgan fingerprint density at radius 1 is 0.385 bits per heavy atom. The molecule has 8 aliphatic rings. The van der Waals surface area contributed by atoms with Crippen molar-refractivity contribution in [1.82, 2.24) is 39.5 Å². The van der Waals surface area contributed by atoms with Gasteiger partial charge in [0.1, 0.15) is 28.6 Å². The maximum Gasteiger partial charge on any atom is 0.337 e. The number of likely N-dealkylation sites (N-methyl/N-ethyl adjacent to an activating group) is 5. The number of hydrogen-bond acceptors (Lipinski definition) is 30. The van der Waals surface area contributed by atoms with Gasteiger partial charge in [-0.3, -0.25) is 47.9 Å². The van der Waals surface area contributed by atoms with Gasteiger partial charge in [0.2, 0.25) is 0 Å². The fraction of sp³-hybridized carbons (Fsp3) is 0.417. The molecule has 0 spiro atoms. The first kappa shape index (κ1) is 111. The number of aromatic nitrogens is 3. The number of carbonyl (C=O) groups excluding carboxylic acids is 11. The zero-order valence-corrected chi connectivity index (χ0v) is 87.4. The number of carboxylic acids is 1. The molecule has 0 bridgehead atoms. The van der Waals surface area contributed by atoms with Crippen molar-refractivity contribution in [1.29, 1.82) is 0 Å². The number of rotatable bonds is 33. The minimum atomic E-state index is -1.04. The molecule has 5 fully saturated rings. The van der Waals surface area contributed by atoms with Crippen molar-refractivity contribution in [3.63, 3.8) is 0 Å².